The first-order valence-electron chi connectivity index (χ1n) is 6.26. The number of hydrogen-bond acceptors (Lipinski definition) is 5. The second-order valence-corrected chi connectivity index (χ2v) is 4.41. The molecule has 1 aliphatic rings. The second kappa shape index (κ2) is 6.21. The van der Waals surface area contributed by atoms with E-state index in [0.717, 1.165) is 12.8 Å². The van der Waals surface area contributed by atoms with Gasteiger partial charge in [0, 0.05) is 19.6 Å². The fraction of sp³-hybridized carbons (Fsp3) is 0.727. The summed E-state index contributed by atoms with van der Waals surface area (Å²) in [5.74, 6) is -1.74. The number of amides is 1. The van der Waals surface area contributed by atoms with E-state index in [-0.39, 0.29) is 24.7 Å². The van der Waals surface area contributed by atoms with Gasteiger partial charge in [-0.3, -0.25) is 4.79 Å². The van der Waals surface area contributed by atoms with E-state index in [1.54, 1.807) is 0 Å². The van der Waals surface area contributed by atoms with Crippen molar-refractivity contribution in [2.45, 2.75) is 38.0 Å². The lowest BCUT2D eigenvalue weighted by Crippen LogP contribution is -2.39. The molecule has 1 amide bonds. The Morgan fingerprint density at radius 1 is 1.40 bits per heavy atom. The molecule has 0 aliphatic carbocycles. The average Bonchev–Trinajstić information content (AvgIpc) is 2.88. The molecular weight excluding hydrogens is 279 g/mol. The van der Waals surface area contributed by atoms with Crippen molar-refractivity contribution < 1.29 is 27.2 Å². The van der Waals surface area contributed by atoms with Crippen molar-refractivity contribution in [2.24, 2.45) is 0 Å². The minimum Gasteiger partial charge on any atom is -0.368 e. The highest BCUT2D eigenvalue weighted by molar-refractivity contribution is 5.80. The van der Waals surface area contributed by atoms with Gasteiger partial charge in [0.05, 0.1) is 0 Å². The maximum atomic E-state index is 12.2. The Kier molecular flexibility index (Phi) is 4.58. The monoisotopic (exact) mass is 293 g/mol. The first-order valence-corrected chi connectivity index (χ1v) is 6.26. The fourth-order valence-corrected chi connectivity index (χ4v) is 1.83. The molecule has 0 spiro atoms. The summed E-state index contributed by atoms with van der Waals surface area (Å²) in [5.41, 5.74) is 0. The van der Waals surface area contributed by atoms with Crippen LogP contribution in [0.1, 0.15) is 31.0 Å². The first kappa shape index (κ1) is 14.8. The number of carbonyl (C=O) groups excluding carboxylic acids is 1. The molecule has 1 saturated heterocycles. The van der Waals surface area contributed by atoms with Crippen molar-refractivity contribution in [3.8, 4) is 0 Å². The van der Waals surface area contributed by atoms with Gasteiger partial charge in [0.2, 0.25) is 5.91 Å². The van der Waals surface area contributed by atoms with Crippen molar-refractivity contribution >= 4 is 5.91 Å². The van der Waals surface area contributed by atoms with Crippen molar-refractivity contribution in [1.29, 1.82) is 0 Å². The number of rotatable bonds is 4. The van der Waals surface area contributed by atoms with E-state index < -0.39 is 18.2 Å². The maximum absolute atomic E-state index is 12.2. The van der Waals surface area contributed by atoms with Crippen LogP contribution in [0.3, 0.4) is 0 Å². The molecule has 1 unspecified atom stereocenters. The van der Waals surface area contributed by atoms with E-state index in [9.17, 15) is 18.0 Å². The van der Waals surface area contributed by atoms with Gasteiger partial charge in [0.15, 0.2) is 5.82 Å². The third kappa shape index (κ3) is 3.92. The third-order valence-corrected chi connectivity index (χ3v) is 2.83. The zero-order valence-corrected chi connectivity index (χ0v) is 10.6. The molecule has 1 atom stereocenters. The van der Waals surface area contributed by atoms with Gasteiger partial charge in [-0.2, -0.15) is 18.2 Å². The summed E-state index contributed by atoms with van der Waals surface area (Å²) in [6.07, 6.45) is -2.53. The summed E-state index contributed by atoms with van der Waals surface area (Å²) in [5, 5.41) is 5.79. The summed E-state index contributed by atoms with van der Waals surface area (Å²) < 4.78 is 46.0. The van der Waals surface area contributed by atoms with Gasteiger partial charge >= 0.3 is 12.1 Å². The van der Waals surface area contributed by atoms with Crippen LogP contribution in [0.15, 0.2) is 4.52 Å². The minimum absolute atomic E-state index is 0.0675. The molecule has 0 aromatic carbocycles. The number of halogens is 3. The summed E-state index contributed by atoms with van der Waals surface area (Å²) in [6.45, 7) is 0.688. The topological polar surface area (TPSA) is 77.3 Å². The Hall–Kier alpha value is -1.64. The second-order valence-electron chi connectivity index (χ2n) is 4.41. The first-order chi connectivity index (χ1) is 9.47. The molecular formula is C11H14F3N3O3. The molecule has 20 heavy (non-hydrogen) atoms. The number of hydrogen-bond donors (Lipinski definition) is 1. The molecule has 0 radical (unpaired) electrons. The van der Waals surface area contributed by atoms with Crippen LogP contribution in [0.4, 0.5) is 13.2 Å². The van der Waals surface area contributed by atoms with Crippen molar-refractivity contribution in [3.63, 3.8) is 0 Å². The lowest BCUT2D eigenvalue weighted by atomic mass is 10.1. The quantitative estimate of drug-likeness (QED) is 0.906. The van der Waals surface area contributed by atoms with Crippen LogP contribution in [-0.4, -0.2) is 35.3 Å². The number of carbonyl (C=O) groups is 1. The zero-order chi connectivity index (χ0) is 14.6. The fourth-order valence-electron chi connectivity index (χ4n) is 1.83. The van der Waals surface area contributed by atoms with E-state index >= 15 is 0 Å². The molecule has 1 aromatic heterocycles. The highest BCUT2D eigenvalue weighted by atomic mass is 19.4. The van der Waals surface area contributed by atoms with Gasteiger partial charge in [-0.25, -0.2) is 0 Å². The lowest BCUT2D eigenvalue weighted by molar-refractivity contribution is -0.159. The zero-order valence-electron chi connectivity index (χ0n) is 10.6. The molecule has 2 rings (SSSR count). The molecule has 2 heterocycles. The van der Waals surface area contributed by atoms with Crippen LogP contribution in [0.2, 0.25) is 0 Å². The van der Waals surface area contributed by atoms with Crippen LogP contribution in [0, 0.1) is 0 Å². The molecule has 1 aliphatic heterocycles. The molecule has 0 saturated carbocycles. The van der Waals surface area contributed by atoms with Crippen LogP contribution in [0.5, 0.6) is 0 Å². The molecule has 1 N–H and O–H groups in total. The number of ether oxygens (including phenoxy) is 1. The van der Waals surface area contributed by atoms with E-state index in [1.807, 2.05) is 0 Å². The minimum atomic E-state index is -4.65. The van der Waals surface area contributed by atoms with Crippen LogP contribution < -0.4 is 5.32 Å². The third-order valence-electron chi connectivity index (χ3n) is 2.83. The van der Waals surface area contributed by atoms with Gasteiger partial charge < -0.3 is 14.6 Å². The normalized spacial score (nSPS) is 19.9. The molecule has 6 nitrogen and oxygen atoms in total. The summed E-state index contributed by atoms with van der Waals surface area (Å²) in [4.78, 5) is 14.9. The molecule has 9 heteroatoms. The van der Waals surface area contributed by atoms with Crippen molar-refractivity contribution in [2.75, 3.05) is 13.2 Å². The lowest BCUT2D eigenvalue weighted by Gasteiger charge is -2.21. The van der Waals surface area contributed by atoms with Crippen molar-refractivity contribution in [3.05, 3.63) is 11.7 Å². The predicted octanol–water partition coefficient (Wildman–Crippen LogP) is 1.32. The predicted molar refractivity (Wildman–Crippen MR) is 59.6 cm³/mol. The molecule has 112 valence electrons. The Morgan fingerprint density at radius 2 is 2.20 bits per heavy atom. The van der Waals surface area contributed by atoms with Gasteiger partial charge in [0.1, 0.15) is 6.10 Å². The highest BCUT2D eigenvalue weighted by Crippen LogP contribution is 2.27. The number of nitrogens with one attached hydrogen (secondary N) is 1. The largest absolute Gasteiger partial charge is 0.471 e. The van der Waals surface area contributed by atoms with E-state index in [1.165, 1.54) is 0 Å². The Balaban J connectivity index is 1.75. The smallest absolute Gasteiger partial charge is 0.368 e. The SMILES string of the molecule is O=C(NCCc1noc(C(F)(F)F)n1)C1CCCCO1. The van der Waals surface area contributed by atoms with Gasteiger partial charge in [-0.15, -0.1) is 0 Å². The molecule has 1 fully saturated rings. The Morgan fingerprint density at radius 3 is 2.80 bits per heavy atom. The number of nitrogens with zero attached hydrogens (tertiary/aromatic N) is 2. The van der Waals surface area contributed by atoms with E-state index in [4.69, 9.17) is 4.74 Å². The summed E-state index contributed by atoms with van der Waals surface area (Å²) >= 11 is 0. The van der Waals surface area contributed by atoms with Crippen LogP contribution >= 0.6 is 0 Å². The summed E-state index contributed by atoms with van der Waals surface area (Å²) in [6, 6.07) is 0. The van der Waals surface area contributed by atoms with E-state index in [0.29, 0.717) is 13.0 Å². The van der Waals surface area contributed by atoms with Crippen LogP contribution in [0.25, 0.3) is 0 Å². The molecule has 1 aromatic rings. The van der Waals surface area contributed by atoms with Gasteiger partial charge in [0.25, 0.3) is 0 Å². The van der Waals surface area contributed by atoms with E-state index in [2.05, 4.69) is 20.0 Å². The van der Waals surface area contributed by atoms with Crippen LogP contribution in [-0.2, 0) is 22.1 Å². The standard InChI is InChI=1S/C11H14F3N3O3/c12-11(13,14)10-16-8(17-20-10)4-5-15-9(18)7-3-1-2-6-19-7/h7H,1-6H2,(H,15,18). The Bertz CT molecular complexity index is 455. The maximum Gasteiger partial charge on any atom is 0.471 e. The summed E-state index contributed by atoms with van der Waals surface area (Å²) in [7, 11) is 0. The molecule has 0 bridgehead atoms. The number of alkyl halides is 3. The average molecular weight is 293 g/mol. The van der Waals surface area contributed by atoms with Gasteiger partial charge in [-0.05, 0) is 19.3 Å². The number of aromatic nitrogens is 2. The Labute approximate surface area is 112 Å². The van der Waals surface area contributed by atoms with Gasteiger partial charge in [-0.1, -0.05) is 5.16 Å². The van der Waals surface area contributed by atoms with Crippen molar-refractivity contribution in [1.82, 2.24) is 15.5 Å². The highest BCUT2D eigenvalue weighted by Gasteiger charge is 2.38.